The standard InChI is InChI=1S/C22H23FN2O2/c23-18-11-5-4-8-16(18)14-25-15-21(27-20-13-7-6-12-19(20)25)22(26)24-17-9-2-1-3-10-17/h4-8,11-13,15,17H,1-3,9-10,14H2,(H,24,26). The van der Waals surface area contributed by atoms with E-state index in [0.29, 0.717) is 17.9 Å². The van der Waals surface area contributed by atoms with Gasteiger partial charge in [-0.1, -0.05) is 49.6 Å². The second kappa shape index (κ2) is 7.82. The van der Waals surface area contributed by atoms with Gasteiger partial charge in [-0.25, -0.2) is 4.39 Å². The normalized spacial score (nSPS) is 16.9. The molecule has 0 aromatic heterocycles. The first-order valence-corrected chi connectivity index (χ1v) is 9.50. The van der Waals surface area contributed by atoms with Crippen molar-refractivity contribution in [1.82, 2.24) is 5.32 Å². The van der Waals surface area contributed by atoms with Crippen molar-refractivity contribution in [2.24, 2.45) is 0 Å². The van der Waals surface area contributed by atoms with Crippen LogP contribution in [0.25, 0.3) is 0 Å². The molecule has 2 aliphatic rings. The van der Waals surface area contributed by atoms with E-state index in [1.54, 1.807) is 18.3 Å². The van der Waals surface area contributed by atoms with Crippen LogP contribution in [0.5, 0.6) is 5.75 Å². The van der Waals surface area contributed by atoms with E-state index < -0.39 is 0 Å². The second-order valence-corrected chi connectivity index (χ2v) is 7.09. The van der Waals surface area contributed by atoms with Gasteiger partial charge >= 0.3 is 0 Å². The molecular weight excluding hydrogens is 343 g/mol. The molecule has 0 saturated heterocycles. The van der Waals surface area contributed by atoms with E-state index in [1.165, 1.54) is 12.5 Å². The summed E-state index contributed by atoms with van der Waals surface area (Å²) in [5.74, 6) is 0.374. The van der Waals surface area contributed by atoms with Crippen LogP contribution in [-0.2, 0) is 11.3 Å². The van der Waals surface area contributed by atoms with Crippen LogP contribution >= 0.6 is 0 Å². The van der Waals surface area contributed by atoms with E-state index in [1.807, 2.05) is 35.2 Å². The van der Waals surface area contributed by atoms with Crippen LogP contribution in [0, 0.1) is 5.82 Å². The van der Waals surface area contributed by atoms with Gasteiger partial charge in [0, 0.05) is 11.6 Å². The lowest BCUT2D eigenvalue weighted by Crippen LogP contribution is -2.39. The predicted octanol–water partition coefficient (Wildman–Crippen LogP) is 4.52. The zero-order valence-corrected chi connectivity index (χ0v) is 15.2. The number of nitrogens with one attached hydrogen (secondary N) is 1. The molecule has 0 radical (unpaired) electrons. The number of ether oxygens (including phenoxy) is 1. The summed E-state index contributed by atoms with van der Waals surface area (Å²) in [5.41, 5.74) is 1.38. The Morgan fingerprint density at radius 2 is 1.81 bits per heavy atom. The summed E-state index contributed by atoms with van der Waals surface area (Å²) in [6, 6.07) is 14.4. The Morgan fingerprint density at radius 1 is 1.07 bits per heavy atom. The third-order valence-electron chi connectivity index (χ3n) is 5.13. The lowest BCUT2D eigenvalue weighted by atomic mass is 9.95. The monoisotopic (exact) mass is 366 g/mol. The van der Waals surface area contributed by atoms with Gasteiger partial charge in [0.2, 0.25) is 5.76 Å². The van der Waals surface area contributed by atoms with E-state index in [9.17, 15) is 9.18 Å². The quantitative estimate of drug-likeness (QED) is 0.865. The lowest BCUT2D eigenvalue weighted by molar-refractivity contribution is -0.120. The Labute approximate surface area is 158 Å². The fourth-order valence-electron chi connectivity index (χ4n) is 3.69. The molecule has 0 atom stereocenters. The van der Waals surface area contributed by atoms with E-state index >= 15 is 0 Å². The number of fused-ring (bicyclic) bond motifs is 1. The topological polar surface area (TPSA) is 41.6 Å². The van der Waals surface area contributed by atoms with Crippen LogP contribution in [0.2, 0.25) is 0 Å². The highest BCUT2D eigenvalue weighted by molar-refractivity contribution is 5.93. The average molecular weight is 366 g/mol. The largest absolute Gasteiger partial charge is 0.448 e. The Morgan fingerprint density at radius 3 is 2.63 bits per heavy atom. The number of para-hydroxylation sites is 2. The van der Waals surface area contributed by atoms with E-state index in [4.69, 9.17) is 4.74 Å². The minimum Gasteiger partial charge on any atom is -0.448 e. The summed E-state index contributed by atoms with van der Waals surface area (Å²) in [5, 5.41) is 3.08. The number of benzene rings is 2. The molecule has 0 bridgehead atoms. The first kappa shape index (κ1) is 17.6. The fraction of sp³-hybridized carbons (Fsp3) is 0.318. The van der Waals surface area contributed by atoms with Crippen LogP contribution in [0.15, 0.2) is 60.5 Å². The van der Waals surface area contributed by atoms with Crippen LogP contribution in [0.3, 0.4) is 0 Å². The molecule has 0 spiro atoms. The Balaban J connectivity index is 1.58. The summed E-state index contributed by atoms with van der Waals surface area (Å²) in [6.07, 6.45) is 7.21. The molecule has 1 fully saturated rings. The van der Waals surface area contributed by atoms with Gasteiger partial charge in [0.1, 0.15) is 5.82 Å². The van der Waals surface area contributed by atoms with Crippen LogP contribution < -0.4 is 15.0 Å². The minimum absolute atomic E-state index is 0.202. The van der Waals surface area contributed by atoms with E-state index in [2.05, 4.69) is 5.32 Å². The zero-order valence-electron chi connectivity index (χ0n) is 15.2. The smallest absolute Gasteiger partial charge is 0.288 e. The molecule has 1 saturated carbocycles. The Kier molecular flexibility index (Phi) is 5.10. The summed E-state index contributed by atoms with van der Waals surface area (Å²) < 4.78 is 20.0. The van der Waals surface area contributed by atoms with Crippen LogP contribution in [0.1, 0.15) is 37.7 Å². The number of hydrogen-bond donors (Lipinski definition) is 1. The number of rotatable bonds is 4. The molecule has 2 aromatic rings. The van der Waals surface area contributed by atoms with Gasteiger partial charge in [-0.3, -0.25) is 4.79 Å². The van der Waals surface area contributed by atoms with Crippen molar-refractivity contribution < 1.29 is 13.9 Å². The predicted molar refractivity (Wildman–Crippen MR) is 103 cm³/mol. The van der Waals surface area contributed by atoms with Crippen molar-refractivity contribution in [3.63, 3.8) is 0 Å². The van der Waals surface area contributed by atoms with Gasteiger partial charge in [0.05, 0.1) is 18.4 Å². The molecule has 1 N–H and O–H groups in total. The molecule has 0 unspecified atom stereocenters. The minimum atomic E-state index is -0.261. The molecule has 140 valence electrons. The highest BCUT2D eigenvalue weighted by atomic mass is 19.1. The molecule has 2 aromatic carbocycles. The summed E-state index contributed by atoms with van der Waals surface area (Å²) in [6.45, 7) is 0.327. The molecule has 4 nitrogen and oxygen atoms in total. The van der Waals surface area contributed by atoms with Crippen LogP contribution in [0.4, 0.5) is 10.1 Å². The van der Waals surface area contributed by atoms with Crippen molar-refractivity contribution in [2.75, 3.05) is 4.90 Å². The molecular formula is C22H23FN2O2. The molecule has 1 amide bonds. The number of amides is 1. The number of nitrogens with zero attached hydrogens (tertiary/aromatic N) is 1. The maximum Gasteiger partial charge on any atom is 0.288 e. The first-order valence-electron chi connectivity index (χ1n) is 9.50. The fourth-order valence-corrected chi connectivity index (χ4v) is 3.69. The maximum atomic E-state index is 14.1. The summed E-state index contributed by atoms with van der Waals surface area (Å²) in [4.78, 5) is 14.6. The van der Waals surface area contributed by atoms with E-state index in [0.717, 1.165) is 31.4 Å². The van der Waals surface area contributed by atoms with Crippen LogP contribution in [-0.4, -0.2) is 11.9 Å². The first-order chi connectivity index (χ1) is 13.2. The average Bonchev–Trinajstić information content (AvgIpc) is 2.70. The lowest BCUT2D eigenvalue weighted by Gasteiger charge is -2.30. The van der Waals surface area contributed by atoms with Gasteiger partial charge in [0.15, 0.2) is 5.75 Å². The number of carbonyl (C=O) groups excluding carboxylic acids is 1. The van der Waals surface area contributed by atoms with Crippen molar-refractivity contribution in [2.45, 2.75) is 44.7 Å². The number of carbonyl (C=O) groups is 1. The highest BCUT2D eigenvalue weighted by Crippen LogP contribution is 2.35. The van der Waals surface area contributed by atoms with Gasteiger partial charge in [0.25, 0.3) is 5.91 Å². The van der Waals surface area contributed by atoms with Gasteiger partial charge in [-0.2, -0.15) is 0 Å². The van der Waals surface area contributed by atoms with Crippen molar-refractivity contribution in [3.05, 3.63) is 71.9 Å². The summed E-state index contributed by atoms with van der Waals surface area (Å²) >= 11 is 0. The number of anilines is 1. The number of halogens is 1. The molecule has 1 aliphatic carbocycles. The SMILES string of the molecule is O=C(NC1CCCCC1)C1=CN(Cc2ccccc2F)c2ccccc2O1. The maximum absolute atomic E-state index is 14.1. The molecule has 27 heavy (non-hydrogen) atoms. The van der Waals surface area contributed by atoms with Crippen molar-refractivity contribution in [1.29, 1.82) is 0 Å². The van der Waals surface area contributed by atoms with Crippen molar-refractivity contribution in [3.8, 4) is 5.75 Å². The Bertz CT molecular complexity index is 859. The third-order valence-corrected chi connectivity index (χ3v) is 5.13. The van der Waals surface area contributed by atoms with Gasteiger partial charge in [-0.05, 0) is 31.0 Å². The summed E-state index contributed by atoms with van der Waals surface area (Å²) in [7, 11) is 0. The highest BCUT2D eigenvalue weighted by Gasteiger charge is 2.26. The molecule has 5 heteroatoms. The Hall–Kier alpha value is -2.82. The van der Waals surface area contributed by atoms with Gasteiger partial charge in [-0.15, -0.1) is 0 Å². The second-order valence-electron chi connectivity index (χ2n) is 7.09. The zero-order chi connectivity index (χ0) is 18.6. The molecule has 1 aliphatic heterocycles. The van der Waals surface area contributed by atoms with Gasteiger partial charge < -0.3 is 15.0 Å². The molecule has 1 heterocycles. The third kappa shape index (κ3) is 3.97. The number of hydrogen-bond acceptors (Lipinski definition) is 3. The molecule has 4 rings (SSSR count). The van der Waals surface area contributed by atoms with Crippen molar-refractivity contribution >= 4 is 11.6 Å². The van der Waals surface area contributed by atoms with E-state index in [-0.39, 0.29) is 23.5 Å².